The minimum Gasteiger partial charge on any atom is -0.346 e. The summed E-state index contributed by atoms with van der Waals surface area (Å²) in [7, 11) is 1.73. The van der Waals surface area contributed by atoms with E-state index in [0.717, 1.165) is 0 Å². The maximum Gasteiger partial charge on any atom is 4.00 e. The van der Waals surface area contributed by atoms with E-state index >= 15 is 0 Å². The monoisotopic (exact) mass is 454 g/mol. The molecule has 5 aromatic carbocycles. The Morgan fingerprint density at radius 1 is 0.645 bits per heavy atom. The maximum absolute atomic E-state index is 3.25. The SMILES string of the molecule is Cc1cc2ccccc2[cH-]1.Cc1cc2ccccc2[cH-]1.[CH2-]C.[SiH2]=[C-]c1ccccc1.[Ti+4]. The van der Waals surface area contributed by atoms with Crippen molar-refractivity contribution in [2.45, 2.75) is 20.8 Å². The number of hydrogen-bond acceptors (Lipinski definition) is 0. The van der Waals surface area contributed by atoms with Crippen molar-refractivity contribution in [2.24, 2.45) is 0 Å². The molecule has 5 rings (SSSR count). The van der Waals surface area contributed by atoms with Gasteiger partial charge >= 0.3 is 21.7 Å². The summed E-state index contributed by atoms with van der Waals surface area (Å²) >= 11 is 0. The Hall–Kier alpha value is -2.32. The van der Waals surface area contributed by atoms with Crippen molar-refractivity contribution in [2.75, 3.05) is 0 Å². The first-order valence-electron chi connectivity index (χ1n) is 10.2. The summed E-state index contributed by atoms with van der Waals surface area (Å²) in [5.74, 6) is 0. The zero-order chi connectivity index (χ0) is 21.8. The normalized spacial score (nSPS) is 9.16. The van der Waals surface area contributed by atoms with Crippen LogP contribution in [0.25, 0.3) is 21.5 Å². The van der Waals surface area contributed by atoms with Gasteiger partial charge in [-0.25, -0.2) is 0 Å². The van der Waals surface area contributed by atoms with Crippen molar-refractivity contribution >= 4 is 37.1 Å². The third-order valence-corrected chi connectivity index (χ3v) is 4.91. The second kappa shape index (κ2) is 14.6. The molecule has 0 aliphatic heterocycles. The number of aryl methyl sites for hydroxylation is 2. The first-order chi connectivity index (χ1) is 14.7. The maximum atomic E-state index is 3.25. The van der Waals surface area contributed by atoms with E-state index in [9.17, 15) is 0 Å². The topological polar surface area (TPSA) is 0 Å². The van der Waals surface area contributed by atoms with Crippen molar-refractivity contribution in [1.29, 1.82) is 0 Å². The van der Waals surface area contributed by atoms with Gasteiger partial charge < -0.3 is 6.92 Å². The third-order valence-electron chi connectivity index (χ3n) is 4.50. The van der Waals surface area contributed by atoms with E-state index in [4.69, 9.17) is 0 Å². The van der Waals surface area contributed by atoms with Gasteiger partial charge in [-0.2, -0.15) is 42.4 Å². The van der Waals surface area contributed by atoms with Gasteiger partial charge in [0.2, 0.25) is 0 Å². The first kappa shape index (κ1) is 26.7. The summed E-state index contributed by atoms with van der Waals surface area (Å²) in [6.45, 7) is 9.25. The Labute approximate surface area is 205 Å². The van der Waals surface area contributed by atoms with E-state index in [-0.39, 0.29) is 21.7 Å². The van der Waals surface area contributed by atoms with Crippen LogP contribution in [0.1, 0.15) is 23.6 Å². The van der Waals surface area contributed by atoms with Gasteiger partial charge in [0.15, 0.2) is 0 Å². The van der Waals surface area contributed by atoms with Gasteiger partial charge in [-0.1, -0.05) is 41.9 Å². The van der Waals surface area contributed by atoms with E-state index in [0.29, 0.717) is 0 Å². The van der Waals surface area contributed by atoms with Gasteiger partial charge in [0.05, 0.1) is 0 Å². The molecule has 2 heteroatoms. The minimum atomic E-state index is 0. The largest absolute Gasteiger partial charge is 4.00 e. The molecule has 154 valence electrons. The number of hydrogen-bond donors (Lipinski definition) is 0. The van der Waals surface area contributed by atoms with Crippen LogP contribution in [0, 0.1) is 20.8 Å². The third kappa shape index (κ3) is 8.75. The van der Waals surface area contributed by atoms with Crippen LogP contribution in [0.2, 0.25) is 0 Å². The predicted molar refractivity (Wildman–Crippen MR) is 139 cm³/mol. The van der Waals surface area contributed by atoms with E-state index in [1.54, 1.807) is 16.8 Å². The van der Waals surface area contributed by atoms with Gasteiger partial charge in [-0.15, -0.1) is 93.3 Å². The molecule has 31 heavy (non-hydrogen) atoms. The smallest absolute Gasteiger partial charge is 0.346 e. The van der Waals surface area contributed by atoms with E-state index in [1.165, 1.54) is 38.2 Å². The summed E-state index contributed by atoms with van der Waals surface area (Å²) in [5, 5.41) is 5.39. The molecule has 0 spiro atoms. The second-order valence-corrected chi connectivity index (χ2v) is 7.22. The van der Waals surface area contributed by atoms with Crippen LogP contribution in [0.5, 0.6) is 0 Å². The Morgan fingerprint density at radius 2 is 1.03 bits per heavy atom. The molecule has 0 saturated carbocycles. The molecule has 0 aliphatic carbocycles. The quantitative estimate of drug-likeness (QED) is 0.191. The molecule has 0 bridgehead atoms. The molecule has 0 heterocycles. The van der Waals surface area contributed by atoms with E-state index < -0.39 is 0 Å². The van der Waals surface area contributed by atoms with Crippen LogP contribution in [-0.4, -0.2) is 15.5 Å². The molecular formula is C29H30SiTi. The predicted octanol–water partition coefficient (Wildman–Crippen LogP) is 6.92. The minimum absolute atomic E-state index is 0. The summed E-state index contributed by atoms with van der Waals surface area (Å²) in [6.07, 6.45) is 0. The second-order valence-electron chi connectivity index (χ2n) is 6.87. The van der Waals surface area contributed by atoms with Crippen LogP contribution in [0.15, 0.2) is 103 Å². The average Bonchev–Trinajstić information content (AvgIpc) is 3.37. The van der Waals surface area contributed by atoms with Gasteiger partial charge in [-0.05, 0) is 0 Å². The van der Waals surface area contributed by atoms with E-state index in [1.807, 2.05) is 30.3 Å². The van der Waals surface area contributed by atoms with Gasteiger partial charge in [0.1, 0.15) is 0 Å². The van der Waals surface area contributed by atoms with Crippen LogP contribution < -0.4 is 0 Å². The molecule has 0 fully saturated rings. The fourth-order valence-corrected chi connectivity index (χ4v) is 3.40. The fraction of sp³-hybridized carbons (Fsp3) is 0.103. The van der Waals surface area contributed by atoms with Crippen LogP contribution >= 0.6 is 0 Å². The summed E-state index contributed by atoms with van der Waals surface area (Å²) in [6, 6.07) is 35.8. The molecule has 0 unspecified atom stereocenters. The molecule has 0 saturated heterocycles. The van der Waals surface area contributed by atoms with Crippen molar-refractivity contribution in [3.05, 3.63) is 127 Å². The van der Waals surface area contributed by atoms with Crippen molar-refractivity contribution in [3.8, 4) is 0 Å². The Kier molecular flexibility index (Phi) is 12.6. The molecule has 0 atom stereocenters. The fourth-order valence-electron chi connectivity index (χ4n) is 3.17. The molecule has 0 aromatic heterocycles. The Balaban J connectivity index is 0.000000222. The molecule has 5 aromatic rings. The summed E-state index contributed by atoms with van der Waals surface area (Å²) in [4.78, 5) is 0. The van der Waals surface area contributed by atoms with E-state index in [2.05, 4.69) is 99.2 Å². The van der Waals surface area contributed by atoms with Crippen LogP contribution in [-0.2, 0) is 21.7 Å². The number of benzene rings is 3. The molecule has 0 aliphatic rings. The summed E-state index contributed by atoms with van der Waals surface area (Å²) in [5.41, 5.74) is 6.92. The molecule has 0 radical (unpaired) electrons. The van der Waals surface area contributed by atoms with Crippen LogP contribution in [0.4, 0.5) is 0 Å². The first-order valence-corrected chi connectivity index (χ1v) is 10.9. The van der Waals surface area contributed by atoms with Crippen molar-refractivity contribution in [3.63, 3.8) is 0 Å². The molecule has 0 amide bonds. The Bertz CT molecular complexity index is 1010. The number of fused-ring (bicyclic) bond motifs is 2. The number of rotatable bonds is 1. The molecule has 0 N–H and O–H groups in total. The zero-order valence-corrected chi connectivity index (χ0v) is 21.7. The van der Waals surface area contributed by atoms with Gasteiger partial charge in [0, 0.05) is 0 Å². The standard InChI is InChI=1S/2C10H9.C7H7Si.C2H5.Ti/c2*1-8-6-9-4-2-3-5-10(9)7-8;8-6-7-4-2-1-3-5-7;1-2;/h2*2-7H,1H3;1-5H,8H2;1H2,2H3;/q4*-1;+4. The summed E-state index contributed by atoms with van der Waals surface area (Å²) < 4.78 is 0. The zero-order valence-electron chi connectivity index (χ0n) is 18.7. The van der Waals surface area contributed by atoms with Gasteiger partial charge in [0.25, 0.3) is 0 Å². The molecular weight excluding hydrogens is 424 g/mol. The molecule has 0 nitrogen and oxygen atoms in total. The Morgan fingerprint density at radius 3 is 1.39 bits per heavy atom. The van der Waals surface area contributed by atoms with Crippen molar-refractivity contribution in [1.82, 2.24) is 0 Å². The average molecular weight is 455 g/mol. The van der Waals surface area contributed by atoms with Crippen LogP contribution in [0.3, 0.4) is 0 Å². The van der Waals surface area contributed by atoms with Crippen molar-refractivity contribution < 1.29 is 21.7 Å². The van der Waals surface area contributed by atoms with Gasteiger partial charge in [-0.3, -0.25) is 0 Å².